The monoisotopic (exact) mass is 420 g/mol. The van der Waals surface area contributed by atoms with Crippen molar-refractivity contribution in [3.8, 4) is 22.6 Å². The molecule has 0 unspecified atom stereocenters. The van der Waals surface area contributed by atoms with Crippen molar-refractivity contribution < 1.29 is 18.7 Å². The molecule has 3 aromatic carbocycles. The molecule has 0 heterocycles. The molecule has 0 aliphatic rings. The Morgan fingerprint density at radius 1 is 0.710 bits per heavy atom. The van der Waals surface area contributed by atoms with Crippen LogP contribution >= 0.6 is 0 Å². The number of esters is 1. The van der Waals surface area contributed by atoms with Crippen LogP contribution in [0.15, 0.2) is 72.8 Å². The van der Waals surface area contributed by atoms with Crippen molar-refractivity contribution in [3.63, 3.8) is 0 Å². The maximum Gasteiger partial charge on any atom is 0.343 e. The van der Waals surface area contributed by atoms with E-state index in [9.17, 15) is 9.18 Å². The predicted molar refractivity (Wildman–Crippen MR) is 122 cm³/mol. The van der Waals surface area contributed by atoms with Gasteiger partial charge in [-0.2, -0.15) is 0 Å². The molecule has 3 rings (SSSR count). The zero-order valence-corrected chi connectivity index (χ0v) is 18.0. The van der Waals surface area contributed by atoms with Crippen molar-refractivity contribution in [2.75, 3.05) is 6.61 Å². The molecule has 0 aliphatic heterocycles. The summed E-state index contributed by atoms with van der Waals surface area (Å²) in [5.41, 5.74) is 2.29. The van der Waals surface area contributed by atoms with E-state index < -0.39 is 5.97 Å². The number of hydrogen-bond acceptors (Lipinski definition) is 3. The van der Waals surface area contributed by atoms with Gasteiger partial charge in [-0.15, -0.1) is 0 Å². The number of benzene rings is 3. The Hall–Kier alpha value is -3.14. The van der Waals surface area contributed by atoms with Crippen LogP contribution in [0.25, 0.3) is 11.1 Å². The molecular formula is C27H29FO3. The first-order valence-corrected chi connectivity index (χ1v) is 11.0. The Balaban J connectivity index is 1.46. The minimum absolute atomic E-state index is 0.270. The summed E-state index contributed by atoms with van der Waals surface area (Å²) in [6, 6.07) is 20.4. The fourth-order valence-corrected chi connectivity index (χ4v) is 3.28. The zero-order valence-electron chi connectivity index (χ0n) is 18.0. The molecule has 0 aliphatic carbocycles. The molecule has 162 valence electrons. The summed E-state index contributed by atoms with van der Waals surface area (Å²) in [5.74, 6) is 0.526. The molecule has 0 saturated heterocycles. The summed E-state index contributed by atoms with van der Waals surface area (Å²) >= 11 is 0. The van der Waals surface area contributed by atoms with Crippen LogP contribution in [-0.4, -0.2) is 12.6 Å². The summed E-state index contributed by atoms with van der Waals surface area (Å²) in [4.78, 5) is 12.4. The average Bonchev–Trinajstić information content (AvgIpc) is 2.80. The van der Waals surface area contributed by atoms with E-state index in [4.69, 9.17) is 9.47 Å². The van der Waals surface area contributed by atoms with Crippen LogP contribution in [0, 0.1) is 5.82 Å². The van der Waals surface area contributed by atoms with Gasteiger partial charge in [0.2, 0.25) is 0 Å². The second kappa shape index (κ2) is 11.9. The van der Waals surface area contributed by atoms with Crippen molar-refractivity contribution in [2.24, 2.45) is 0 Å². The van der Waals surface area contributed by atoms with Gasteiger partial charge in [0.25, 0.3) is 0 Å². The van der Waals surface area contributed by atoms with E-state index in [0.29, 0.717) is 17.9 Å². The molecular weight excluding hydrogens is 391 g/mol. The first-order chi connectivity index (χ1) is 15.2. The van der Waals surface area contributed by atoms with E-state index in [1.807, 2.05) is 12.1 Å². The van der Waals surface area contributed by atoms with Crippen LogP contribution in [0.1, 0.15) is 55.8 Å². The fourth-order valence-electron chi connectivity index (χ4n) is 3.28. The standard InChI is InChI=1S/C27H29FO3/c1-2-3-4-5-6-7-20-30-25-16-12-23(13-17-25)27(29)31-26-18-10-22(11-19-26)21-8-14-24(28)15-9-21/h8-19H,2-7,20H2,1H3. The van der Waals surface area contributed by atoms with E-state index in [-0.39, 0.29) is 5.82 Å². The number of rotatable bonds is 11. The van der Waals surface area contributed by atoms with Gasteiger partial charge >= 0.3 is 5.97 Å². The number of unbranched alkanes of at least 4 members (excludes halogenated alkanes) is 5. The molecule has 0 aromatic heterocycles. The first kappa shape index (κ1) is 22.5. The molecule has 0 saturated carbocycles. The van der Waals surface area contributed by atoms with Gasteiger partial charge in [0.05, 0.1) is 12.2 Å². The predicted octanol–water partition coefficient (Wildman–Crippen LogP) is 7.45. The summed E-state index contributed by atoms with van der Waals surface area (Å²) in [5, 5.41) is 0. The highest BCUT2D eigenvalue weighted by Crippen LogP contribution is 2.23. The van der Waals surface area contributed by atoms with E-state index in [1.54, 1.807) is 48.5 Å². The van der Waals surface area contributed by atoms with E-state index in [2.05, 4.69) is 6.92 Å². The summed E-state index contributed by atoms with van der Waals surface area (Å²) in [6.07, 6.45) is 7.34. The van der Waals surface area contributed by atoms with Crippen LogP contribution in [0.4, 0.5) is 4.39 Å². The summed E-state index contributed by atoms with van der Waals surface area (Å²) in [7, 11) is 0. The molecule has 0 N–H and O–H groups in total. The zero-order chi connectivity index (χ0) is 21.9. The molecule has 0 amide bonds. The highest BCUT2D eigenvalue weighted by Gasteiger charge is 2.09. The lowest BCUT2D eigenvalue weighted by Gasteiger charge is -2.08. The molecule has 0 atom stereocenters. The Bertz CT molecular complexity index is 932. The van der Waals surface area contributed by atoms with Gasteiger partial charge in [-0.25, -0.2) is 9.18 Å². The Labute approximate surface area is 183 Å². The molecule has 0 bridgehead atoms. The topological polar surface area (TPSA) is 35.5 Å². The van der Waals surface area contributed by atoms with Gasteiger partial charge in [-0.3, -0.25) is 0 Å². The second-order valence-corrected chi connectivity index (χ2v) is 7.56. The normalized spacial score (nSPS) is 10.6. The highest BCUT2D eigenvalue weighted by molar-refractivity contribution is 5.91. The van der Waals surface area contributed by atoms with Crippen LogP contribution in [-0.2, 0) is 0 Å². The van der Waals surface area contributed by atoms with Gasteiger partial charge in [0.15, 0.2) is 0 Å². The van der Waals surface area contributed by atoms with Gasteiger partial charge in [0, 0.05) is 0 Å². The summed E-state index contributed by atoms with van der Waals surface area (Å²) in [6.45, 7) is 2.91. The van der Waals surface area contributed by atoms with Crippen LogP contribution in [0.5, 0.6) is 11.5 Å². The molecule has 31 heavy (non-hydrogen) atoms. The van der Waals surface area contributed by atoms with Crippen molar-refractivity contribution in [2.45, 2.75) is 45.4 Å². The molecule has 0 radical (unpaired) electrons. The quantitative estimate of drug-likeness (QED) is 0.184. The second-order valence-electron chi connectivity index (χ2n) is 7.56. The maximum absolute atomic E-state index is 13.1. The van der Waals surface area contributed by atoms with Crippen LogP contribution in [0.2, 0.25) is 0 Å². The Kier molecular flexibility index (Phi) is 8.65. The Morgan fingerprint density at radius 2 is 1.26 bits per heavy atom. The number of carbonyl (C=O) groups excluding carboxylic acids is 1. The highest BCUT2D eigenvalue weighted by atomic mass is 19.1. The first-order valence-electron chi connectivity index (χ1n) is 11.0. The molecule has 0 fully saturated rings. The molecule has 4 heteroatoms. The lowest BCUT2D eigenvalue weighted by atomic mass is 10.1. The number of carbonyl (C=O) groups is 1. The van der Waals surface area contributed by atoms with Gasteiger partial charge in [0.1, 0.15) is 17.3 Å². The molecule has 0 spiro atoms. The Morgan fingerprint density at radius 3 is 1.90 bits per heavy atom. The number of ether oxygens (including phenoxy) is 2. The van der Waals surface area contributed by atoms with Gasteiger partial charge in [-0.1, -0.05) is 63.3 Å². The third-order valence-corrected chi connectivity index (χ3v) is 5.10. The molecule has 3 aromatic rings. The third-order valence-electron chi connectivity index (χ3n) is 5.10. The molecule has 3 nitrogen and oxygen atoms in total. The van der Waals surface area contributed by atoms with Crippen molar-refractivity contribution >= 4 is 5.97 Å². The SMILES string of the molecule is CCCCCCCCOc1ccc(C(=O)Oc2ccc(-c3ccc(F)cc3)cc2)cc1. The van der Waals surface area contributed by atoms with E-state index in [1.165, 1.54) is 44.2 Å². The average molecular weight is 421 g/mol. The minimum Gasteiger partial charge on any atom is -0.494 e. The maximum atomic E-state index is 13.1. The van der Waals surface area contributed by atoms with Gasteiger partial charge < -0.3 is 9.47 Å². The van der Waals surface area contributed by atoms with Crippen LogP contribution in [0.3, 0.4) is 0 Å². The van der Waals surface area contributed by atoms with E-state index >= 15 is 0 Å². The largest absolute Gasteiger partial charge is 0.494 e. The third kappa shape index (κ3) is 7.25. The van der Waals surface area contributed by atoms with E-state index in [0.717, 1.165) is 23.3 Å². The lowest BCUT2D eigenvalue weighted by Crippen LogP contribution is -2.08. The minimum atomic E-state index is -0.419. The number of halogens is 1. The smallest absolute Gasteiger partial charge is 0.343 e. The van der Waals surface area contributed by atoms with Crippen molar-refractivity contribution in [1.29, 1.82) is 0 Å². The lowest BCUT2D eigenvalue weighted by molar-refractivity contribution is 0.0734. The van der Waals surface area contributed by atoms with Gasteiger partial charge in [-0.05, 0) is 66.1 Å². The summed E-state index contributed by atoms with van der Waals surface area (Å²) < 4.78 is 24.3. The van der Waals surface area contributed by atoms with Crippen molar-refractivity contribution in [1.82, 2.24) is 0 Å². The van der Waals surface area contributed by atoms with Crippen LogP contribution < -0.4 is 9.47 Å². The fraction of sp³-hybridized carbons (Fsp3) is 0.296. The van der Waals surface area contributed by atoms with Crippen molar-refractivity contribution in [3.05, 3.63) is 84.2 Å². The number of hydrogen-bond donors (Lipinski definition) is 0.